The van der Waals surface area contributed by atoms with E-state index in [1.165, 1.54) is 199 Å². The molecule has 0 aliphatic heterocycles. The first kappa shape index (κ1) is 44.2. The minimum absolute atomic E-state index is 0.0193. The summed E-state index contributed by atoms with van der Waals surface area (Å²) in [6.45, 7) is 7.59. The van der Waals surface area contributed by atoms with Crippen molar-refractivity contribution in [2.24, 2.45) is 5.92 Å². The molecule has 0 amide bonds. The quantitative estimate of drug-likeness (QED) is 0.0384. The van der Waals surface area contributed by atoms with Gasteiger partial charge in [0.1, 0.15) is 0 Å². The van der Waals surface area contributed by atoms with E-state index in [4.69, 9.17) is 4.74 Å². The average Bonchev–Trinajstić information content (AvgIpc) is 3.03. The van der Waals surface area contributed by atoms with Gasteiger partial charge in [-0.05, 0) is 44.4 Å². The van der Waals surface area contributed by atoms with Crippen LogP contribution in [0.1, 0.15) is 245 Å². The van der Waals surface area contributed by atoms with Crippen LogP contribution < -0.4 is 0 Å². The Labute approximate surface area is 285 Å². The molecule has 0 radical (unpaired) electrons. The number of unbranched alkanes of at least 4 members (excludes halogenated alkanes) is 30. The van der Waals surface area contributed by atoms with Crippen LogP contribution in [0, 0.1) is 5.92 Å². The maximum atomic E-state index is 12.0. The molecule has 0 bridgehead atoms. The highest BCUT2D eigenvalue weighted by Crippen LogP contribution is 2.16. The van der Waals surface area contributed by atoms with Gasteiger partial charge in [-0.3, -0.25) is 4.79 Å². The molecular weight excluding hydrogens is 548 g/mol. The number of carbonyl (C=O) groups is 1. The summed E-state index contributed by atoms with van der Waals surface area (Å²) >= 11 is 0. The lowest BCUT2D eigenvalue weighted by atomic mass is 10.0. The van der Waals surface area contributed by atoms with Crippen LogP contribution in [-0.2, 0) is 9.53 Å². The Bertz CT molecular complexity index is 580. The van der Waals surface area contributed by atoms with Crippen LogP contribution in [0.4, 0.5) is 0 Å². The Morgan fingerprint density at radius 3 is 1.18 bits per heavy atom. The van der Waals surface area contributed by atoms with Crippen LogP contribution in [0.5, 0.6) is 0 Å². The second-order valence-corrected chi connectivity index (χ2v) is 14.8. The van der Waals surface area contributed by atoms with Gasteiger partial charge in [-0.2, -0.15) is 0 Å². The highest BCUT2D eigenvalue weighted by atomic mass is 16.5. The smallest absolute Gasteiger partial charge is 0.305 e. The van der Waals surface area contributed by atoms with Crippen molar-refractivity contribution in [3.63, 3.8) is 0 Å². The highest BCUT2D eigenvalue weighted by Gasteiger charge is 2.03. The lowest BCUT2D eigenvalue weighted by Gasteiger charge is -2.06. The van der Waals surface area contributed by atoms with Crippen LogP contribution in [0.3, 0.4) is 0 Å². The van der Waals surface area contributed by atoms with E-state index in [2.05, 4.69) is 32.9 Å². The summed E-state index contributed by atoms with van der Waals surface area (Å²) < 4.78 is 5.46. The molecule has 0 aromatic heterocycles. The van der Waals surface area contributed by atoms with E-state index in [1.807, 2.05) is 0 Å². The Balaban J connectivity index is 3.17. The minimum atomic E-state index is 0.0193. The molecule has 268 valence electrons. The lowest BCUT2D eigenvalue weighted by Crippen LogP contribution is -2.05. The zero-order valence-electron chi connectivity index (χ0n) is 31.5. The van der Waals surface area contributed by atoms with Gasteiger partial charge in [0.2, 0.25) is 0 Å². The van der Waals surface area contributed by atoms with Crippen molar-refractivity contribution in [1.29, 1.82) is 0 Å². The molecule has 0 aliphatic rings. The molecule has 0 rings (SSSR count). The number of hydrogen-bond donors (Lipinski definition) is 0. The summed E-state index contributed by atoms with van der Waals surface area (Å²) in [5.74, 6) is 0.902. The van der Waals surface area contributed by atoms with Crippen molar-refractivity contribution in [3.05, 3.63) is 12.2 Å². The van der Waals surface area contributed by atoms with Crippen molar-refractivity contribution < 1.29 is 9.53 Å². The van der Waals surface area contributed by atoms with E-state index >= 15 is 0 Å². The number of hydrogen-bond acceptors (Lipinski definition) is 2. The van der Waals surface area contributed by atoms with Gasteiger partial charge in [-0.25, -0.2) is 0 Å². The molecule has 0 saturated carbocycles. The summed E-state index contributed by atoms with van der Waals surface area (Å²) in [5, 5.41) is 0. The summed E-state index contributed by atoms with van der Waals surface area (Å²) in [7, 11) is 0. The molecule has 0 spiro atoms. The molecule has 0 atom stereocenters. The third-order valence-corrected chi connectivity index (χ3v) is 9.58. The molecule has 45 heavy (non-hydrogen) atoms. The van der Waals surface area contributed by atoms with E-state index < -0.39 is 0 Å². The van der Waals surface area contributed by atoms with Crippen LogP contribution >= 0.6 is 0 Å². The Kier molecular flexibility index (Phi) is 38.7. The Morgan fingerprint density at radius 1 is 0.444 bits per heavy atom. The van der Waals surface area contributed by atoms with E-state index in [-0.39, 0.29) is 5.97 Å². The maximum absolute atomic E-state index is 12.0. The summed E-state index contributed by atoms with van der Waals surface area (Å²) in [6.07, 6.45) is 51.6. The summed E-state index contributed by atoms with van der Waals surface area (Å²) in [6, 6.07) is 0. The van der Waals surface area contributed by atoms with Gasteiger partial charge in [0.15, 0.2) is 0 Å². The molecule has 0 N–H and O–H groups in total. The molecule has 2 nitrogen and oxygen atoms in total. The molecule has 0 fully saturated rings. The fourth-order valence-corrected chi connectivity index (χ4v) is 6.43. The van der Waals surface area contributed by atoms with Crippen LogP contribution in [-0.4, -0.2) is 12.6 Å². The summed E-state index contributed by atoms with van der Waals surface area (Å²) in [5.41, 5.74) is 0. The number of carbonyl (C=O) groups excluding carboxylic acids is 1. The first-order valence-corrected chi connectivity index (χ1v) is 21.0. The van der Waals surface area contributed by atoms with Gasteiger partial charge in [-0.1, -0.05) is 213 Å². The number of rotatable bonds is 38. The zero-order chi connectivity index (χ0) is 32.7. The molecule has 0 unspecified atom stereocenters. The van der Waals surface area contributed by atoms with Crippen LogP contribution in [0.15, 0.2) is 12.2 Å². The predicted octanol–water partition coefficient (Wildman–Crippen LogP) is 15.4. The van der Waals surface area contributed by atoms with Crippen molar-refractivity contribution >= 4 is 5.97 Å². The molecule has 0 aromatic carbocycles. The number of esters is 1. The van der Waals surface area contributed by atoms with Crippen LogP contribution in [0.2, 0.25) is 0 Å². The molecule has 0 aliphatic carbocycles. The maximum Gasteiger partial charge on any atom is 0.305 e. The minimum Gasteiger partial charge on any atom is -0.466 e. The van der Waals surface area contributed by atoms with E-state index in [1.54, 1.807) is 0 Å². The van der Waals surface area contributed by atoms with Crippen LogP contribution in [0.25, 0.3) is 0 Å². The summed E-state index contributed by atoms with van der Waals surface area (Å²) in [4.78, 5) is 12.0. The highest BCUT2D eigenvalue weighted by molar-refractivity contribution is 5.69. The molecule has 0 heterocycles. The van der Waals surface area contributed by atoms with E-state index in [0.717, 1.165) is 25.2 Å². The fraction of sp³-hybridized carbons (Fsp3) is 0.930. The molecule has 0 aromatic rings. The van der Waals surface area contributed by atoms with Gasteiger partial charge in [-0.15, -0.1) is 0 Å². The van der Waals surface area contributed by atoms with Crippen molar-refractivity contribution in [2.45, 2.75) is 245 Å². The first-order chi connectivity index (χ1) is 22.2. The van der Waals surface area contributed by atoms with Crippen molar-refractivity contribution in [3.8, 4) is 0 Å². The van der Waals surface area contributed by atoms with Gasteiger partial charge in [0.05, 0.1) is 6.61 Å². The standard InChI is InChI=1S/C43H84O2/c1-4-5-6-7-8-9-10-11-18-22-25-28-31-34-37-40-43(44)45-41-38-35-32-29-26-23-20-17-15-13-12-14-16-19-21-24-27-30-33-36-39-42(2)3/h11,18,42H,4-10,12-17,19-41H2,1-3H3/b18-11-. The monoisotopic (exact) mass is 633 g/mol. The van der Waals surface area contributed by atoms with Gasteiger partial charge < -0.3 is 4.74 Å². The lowest BCUT2D eigenvalue weighted by molar-refractivity contribution is -0.143. The van der Waals surface area contributed by atoms with Gasteiger partial charge in [0, 0.05) is 6.42 Å². The van der Waals surface area contributed by atoms with Crippen molar-refractivity contribution in [1.82, 2.24) is 0 Å². The van der Waals surface area contributed by atoms with E-state index in [0.29, 0.717) is 13.0 Å². The van der Waals surface area contributed by atoms with Gasteiger partial charge >= 0.3 is 5.97 Å². The third-order valence-electron chi connectivity index (χ3n) is 9.58. The number of allylic oxidation sites excluding steroid dienone is 2. The number of ether oxygens (including phenoxy) is 1. The fourth-order valence-electron chi connectivity index (χ4n) is 6.43. The second-order valence-electron chi connectivity index (χ2n) is 14.8. The second kappa shape index (κ2) is 39.4. The van der Waals surface area contributed by atoms with Gasteiger partial charge in [0.25, 0.3) is 0 Å². The normalized spacial score (nSPS) is 11.7. The topological polar surface area (TPSA) is 26.3 Å². The first-order valence-electron chi connectivity index (χ1n) is 21.0. The Morgan fingerprint density at radius 2 is 0.778 bits per heavy atom. The molecule has 2 heteroatoms. The molecule has 0 saturated heterocycles. The average molecular weight is 633 g/mol. The molecular formula is C43H84O2. The SMILES string of the molecule is CCCCCCCC/C=C\CCCCCCCC(=O)OCCCCCCCCCCCCCCCCCCCCCCC(C)C. The Hall–Kier alpha value is -0.790. The van der Waals surface area contributed by atoms with E-state index in [9.17, 15) is 4.79 Å². The zero-order valence-corrected chi connectivity index (χ0v) is 31.5. The third kappa shape index (κ3) is 41.2. The van der Waals surface area contributed by atoms with Crippen molar-refractivity contribution in [2.75, 3.05) is 6.61 Å². The predicted molar refractivity (Wildman–Crippen MR) is 202 cm³/mol. The largest absolute Gasteiger partial charge is 0.466 e.